The zero-order valence-corrected chi connectivity index (χ0v) is 11.8. The van der Waals surface area contributed by atoms with E-state index in [0.717, 1.165) is 28.5 Å². The molecule has 0 unspecified atom stereocenters. The maximum atomic E-state index is 5.71. The topological polar surface area (TPSA) is 44.5 Å². The molecule has 0 saturated heterocycles. The number of ether oxygens (including phenoxy) is 2. The van der Waals surface area contributed by atoms with Crippen LogP contribution in [0.5, 0.6) is 5.75 Å². The van der Waals surface area contributed by atoms with Crippen molar-refractivity contribution in [2.45, 2.75) is 30.8 Å². The summed E-state index contributed by atoms with van der Waals surface area (Å²) in [7, 11) is 3.41. The molecule has 0 aliphatic heterocycles. The Balaban J connectivity index is 2.57. The molecule has 0 fully saturated rings. The maximum absolute atomic E-state index is 5.71. The molecule has 0 amide bonds. The minimum Gasteiger partial charge on any atom is -0.496 e. The molecule has 0 heterocycles. The van der Waals surface area contributed by atoms with Crippen molar-refractivity contribution in [3.8, 4) is 5.75 Å². The molecule has 0 bridgehead atoms. The first kappa shape index (κ1) is 14.2. The molecule has 0 spiro atoms. The lowest BCUT2D eigenvalue weighted by atomic mass is 10.1. The van der Waals surface area contributed by atoms with Crippen LogP contribution in [0.3, 0.4) is 0 Å². The lowest BCUT2D eigenvalue weighted by Crippen LogP contribution is -2.22. The molecular formula is C13H21NO2S. The van der Waals surface area contributed by atoms with Gasteiger partial charge >= 0.3 is 0 Å². The third-order valence-corrected chi connectivity index (χ3v) is 3.76. The van der Waals surface area contributed by atoms with Crippen molar-refractivity contribution in [2.24, 2.45) is 0 Å². The Bertz CT molecular complexity index is 366. The van der Waals surface area contributed by atoms with Crippen LogP contribution in [-0.2, 0) is 4.74 Å². The summed E-state index contributed by atoms with van der Waals surface area (Å²) in [5.41, 5.74) is 6.36. The Morgan fingerprint density at radius 1 is 1.29 bits per heavy atom. The first-order valence-electron chi connectivity index (χ1n) is 5.60. The summed E-state index contributed by atoms with van der Waals surface area (Å²) in [6.45, 7) is 4.18. The van der Waals surface area contributed by atoms with Crippen molar-refractivity contribution in [1.82, 2.24) is 0 Å². The number of anilines is 1. The van der Waals surface area contributed by atoms with Gasteiger partial charge in [-0.25, -0.2) is 0 Å². The van der Waals surface area contributed by atoms with Gasteiger partial charge in [0.15, 0.2) is 0 Å². The van der Waals surface area contributed by atoms with E-state index in [1.807, 2.05) is 18.2 Å². The van der Waals surface area contributed by atoms with Crippen molar-refractivity contribution in [3.63, 3.8) is 0 Å². The Labute approximate surface area is 108 Å². The number of hydrogen-bond acceptors (Lipinski definition) is 4. The highest BCUT2D eigenvalue weighted by Crippen LogP contribution is 2.32. The summed E-state index contributed by atoms with van der Waals surface area (Å²) >= 11 is 1.76. The minimum absolute atomic E-state index is 0.0754. The quantitative estimate of drug-likeness (QED) is 0.626. The van der Waals surface area contributed by atoms with Gasteiger partial charge in [-0.05, 0) is 32.4 Å². The van der Waals surface area contributed by atoms with Gasteiger partial charge in [0.05, 0.1) is 12.7 Å². The van der Waals surface area contributed by atoms with E-state index in [1.54, 1.807) is 26.0 Å². The molecule has 0 atom stereocenters. The van der Waals surface area contributed by atoms with Crippen LogP contribution in [0.15, 0.2) is 23.1 Å². The first-order valence-corrected chi connectivity index (χ1v) is 6.58. The summed E-state index contributed by atoms with van der Waals surface area (Å²) in [4.78, 5) is 1.12. The number of benzene rings is 1. The second-order valence-electron chi connectivity index (χ2n) is 4.47. The zero-order valence-electron chi connectivity index (χ0n) is 10.9. The number of rotatable bonds is 6. The second kappa shape index (κ2) is 6.17. The van der Waals surface area contributed by atoms with Crippen molar-refractivity contribution in [3.05, 3.63) is 18.2 Å². The maximum Gasteiger partial charge on any atom is 0.134 e. The van der Waals surface area contributed by atoms with Crippen LogP contribution in [0.4, 0.5) is 5.69 Å². The molecule has 0 aromatic heterocycles. The van der Waals surface area contributed by atoms with Gasteiger partial charge in [0.25, 0.3) is 0 Å². The molecule has 1 aromatic carbocycles. The average molecular weight is 255 g/mol. The molecule has 0 aliphatic carbocycles. The zero-order chi connectivity index (χ0) is 12.9. The van der Waals surface area contributed by atoms with Crippen molar-refractivity contribution >= 4 is 17.4 Å². The third-order valence-electron chi connectivity index (χ3n) is 2.70. The van der Waals surface area contributed by atoms with Gasteiger partial charge < -0.3 is 15.2 Å². The Morgan fingerprint density at radius 3 is 2.59 bits per heavy atom. The van der Waals surface area contributed by atoms with E-state index in [4.69, 9.17) is 15.2 Å². The fourth-order valence-corrected chi connectivity index (χ4v) is 2.57. The fraction of sp³-hybridized carbons (Fsp3) is 0.538. The SMILES string of the molecule is COc1cc(N)ccc1SCCC(C)(C)OC. The van der Waals surface area contributed by atoms with E-state index in [9.17, 15) is 0 Å². The van der Waals surface area contributed by atoms with Crippen molar-refractivity contribution in [1.29, 1.82) is 0 Å². The first-order chi connectivity index (χ1) is 7.98. The normalized spacial score (nSPS) is 11.5. The van der Waals surface area contributed by atoms with E-state index < -0.39 is 0 Å². The van der Waals surface area contributed by atoms with Crippen LogP contribution < -0.4 is 10.5 Å². The molecular weight excluding hydrogens is 234 g/mol. The number of thioether (sulfide) groups is 1. The summed E-state index contributed by atoms with van der Waals surface area (Å²) in [6, 6.07) is 5.74. The van der Waals surface area contributed by atoms with E-state index in [0.29, 0.717) is 0 Å². The number of nitrogen functional groups attached to an aromatic ring is 1. The summed E-state index contributed by atoms with van der Waals surface area (Å²) in [6.07, 6.45) is 0.988. The highest BCUT2D eigenvalue weighted by Gasteiger charge is 2.16. The predicted molar refractivity (Wildman–Crippen MR) is 73.8 cm³/mol. The predicted octanol–water partition coefficient (Wildman–Crippen LogP) is 3.18. The van der Waals surface area contributed by atoms with E-state index in [2.05, 4.69) is 13.8 Å². The largest absolute Gasteiger partial charge is 0.496 e. The van der Waals surface area contributed by atoms with Gasteiger partial charge in [-0.15, -0.1) is 11.8 Å². The van der Waals surface area contributed by atoms with Gasteiger partial charge in [0, 0.05) is 29.5 Å². The molecule has 0 radical (unpaired) electrons. The van der Waals surface area contributed by atoms with Gasteiger partial charge in [0.1, 0.15) is 5.75 Å². The summed E-state index contributed by atoms with van der Waals surface area (Å²) in [5.74, 6) is 1.83. The van der Waals surface area contributed by atoms with E-state index in [1.165, 1.54) is 0 Å². The molecule has 1 aromatic rings. The standard InChI is InChI=1S/C13H21NO2S/c1-13(2,16-4)7-8-17-12-6-5-10(14)9-11(12)15-3/h5-6,9H,7-8,14H2,1-4H3. The molecule has 2 N–H and O–H groups in total. The molecule has 96 valence electrons. The van der Waals surface area contributed by atoms with Crippen LogP contribution in [0.25, 0.3) is 0 Å². The van der Waals surface area contributed by atoms with Crippen molar-refractivity contribution in [2.75, 3.05) is 25.7 Å². The lowest BCUT2D eigenvalue weighted by molar-refractivity contribution is 0.0207. The van der Waals surface area contributed by atoms with Gasteiger partial charge in [-0.1, -0.05) is 0 Å². The number of nitrogens with two attached hydrogens (primary N) is 1. The molecule has 4 heteroatoms. The van der Waals surface area contributed by atoms with Gasteiger partial charge in [0.2, 0.25) is 0 Å². The minimum atomic E-state index is -0.0754. The van der Waals surface area contributed by atoms with E-state index in [-0.39, 0.29) is 5.60 Å². The molecule has 17 heavy (non-hydrogen) atoms. The fourth-order valence-electron chi connectivity index (χ4n) is 1.31. The van der Waals surface area contributed by atoms with Crippen LogP contribution >= 0.6 is 11.8 Å². The van der Waals surface area contributed by atoms with Gasteiger partial charge in [-0.2, -0.15) is 0 Å². The Morgan fingerprint density at radius 2 is 2.00 bits per heavy atom. The molecule has 3 nitrogen and oxygen atoms in total. The van der Waals surface area contributed by atoms with Crippen LogP contribution in [0, 0.1) is 0 Å². The molecule has 0 saturated carbocycles. The Hall–Kier alpha value is -0.870. The lowest BCUT2D eigenvalue weighted by Gasteiger charge is -2.22. The monoisotopic (exact) mass is 255 g/mol. The van der Waals surface area contributed by atoms with Crippen molar-refractivity contribution < 1.29 is 9.47 Å². The Kier molecular flexibility index (Phi) is 5.15. The summed E-state index contributed by atoms with van der Waals surface area (Å²) in [5, 5.41) is 0. The third kappa shape index (κ3) is 4.48. The molecule has 1 rings (SSSR count). The summed E-state index contributed by atoms with van der Waals surface area (Å²) < 4.78 is 10.7. The highest BCUT2D eigenvalue weighted by atomic mass is 32.2. The van der Waals surface area contributed by atoms with E-state index >= 15 is 0 Å². The van der Waals surface area contributed by atoms with Crippen LogP contribution in [0.1, 0.15) is 20.3 Å². The number of hydrogen-bond donors (Lipinski definition) is 1. The molecule has 0 aliphatic rings. The van der Waals surface area contributed by atoms with Gasteiger partial charge in [-0.3, -0.25) is 0 Å². The van der Waals surface area contributed by atoms with Crippen LogP contribution in [-0.4, -0.2) is 25.6 Å². The number of methoxy groups -OCH3 is 2. The smallest absolute Gasteiger partial charge is 0.134 e. The highest BCUT2D eigenvalue weighted by molar-refractivity contribution is 7.99. The van der Waals surface area contributed by atoms with Crippen LogP contribution in [0.2, 0.25) is 0 Å². The second-order valence-corrected chi connectivity index (χ2v) is 5.61. The average Bonchev–Trinajstić information content (AvgIpc) is 2.30.